The molecule has 2 aliphatic carbocycles. The van der Waals surface area contributed by atoms with Gasteiger partial charge in [0.15, 0.2) is 5.54 Å². The topological polar surface area (TPSA) is 856 Å². The molecule has 129 heavy (non-hydrogen) atoms. The molecule has 12 fully saturated rings. The number of halogens is 6. The Balaban J connectivity index is 0.000000245. The maximum atomic E-state index is 13.4. The van der Waals surface area contributed by atoms with Gasteiger partial charge in [0, 0.05) is 172 Å². The molecule has 740 valence electrons. The molecule has 1 unspecified atom stereocenters. The van der Waals surface area contributed by atoms with Crippen LogP contribution in [0.1, 0.15) is 83.5 Å². The van der Waals surface area contributed by atoms with Crippen molar-refractivity contribution >= 4 is 117 Å². The van der Waals surface area contributed by atoms with E-state index in [1.165, 1.54) is 17.6 Å². The lowest BCUT2D eigenvalue weighted by Gasteiger charge is -2.57. The number of aliphatic carboxylic acids is 3. The number of alkyl halides is 6. The van der Waals surface area contributed by atoms with E-state index >= 15 is 0 Å². The number of hydrogen-bond acceptors (Lipinski definition) is 38. The number of carboxylic acids is 3. The van der Waals surface area contributed by atoms with Crippen molar-refractivity contribution in [3.63, 3.8) is 0 Å². The molecular formula is C62H120B5F6N21O30S5. The lowest BCUT2D eigenvalue weighted by molar-refractivity contribution is -0.193. The van der Waals surface area contributed by atoms with Crippen molar-refractivity contribution in [1.29, 1.82) is 0 Å². The van der Waals surface area contributed by atoms with E-state index in [1.807, 2.05) is 4.72 Å². The molecule has 35 N–H and O–H groups in total. The van der Waals surface area contributed by atoms with Gasteiger partial charge in [-0.3, -0.25) is 14.4 Å². The van der Waals surface area contributed by atoms with E-state index in [0.29, 0.717) is 104 Å². The van der Waals surface area contributed by atoms with E-state index in [4.69, 9.17) is 115 Å². The number of rotatable bonds is 38. The highest BCUT2D eigenvalue weighted by atomic mass is 32.2. The van der Waals surface area contributed by atoms with E-state index in [2.05, 4.69) is 20.7 Å². The molecular weight excluding hydrogens is 1850 g/mol. The summed E-state index contributed by atoms with van der Waals surface area (Å²) in [5.74, 6) is -18.3. The third-order valence-corrected chi connectivity index (χ3v) is 34.6. The molecule has 13 atom stereocenters. The summed E-state index contributed by atoms with van der Waals surface area (Å²) in [6.45, 7) is 1.44. The molecule has 67 heteroatoms. The van der Waals surface area contributed by atoms with Gasteiger partial charge < -0.3 is 127 Å². The molecule has 2 spiro atoms. The summed E-state index contributed by atoms with van der Waals surface area (Å²) in [4.78, 5) is 67.4. The Morgan fingerprint density at radius 1 is 0.450 bits per heavy atom. The third kappa shape index (κ3) is 26.3. The summed E-state index contributed by atoms with van der Waals surface area (Å²) in [5.41, 5.74) is 35.2. The number of carbonyl (C=O) groups is 3. The number of nitrogens with two attached hydrogens (primary N) is 8. The first-order chi connectivity index (χ1) is 59.4. The maximum absolute atomic E-state index is 13.4. The van der Waals surface area contributed by atoms with E-state index in [9.17, 15) is 98.1 Å². The van der Waals surface area contributed by atoms with Crippen LogP contribution in [0.25, 0.3) is 0 Å². The van der Waals surface area contributed by atoms with Gasteiger partial charge in [0.25, 0.3) is 57.0 Å². The van der Waals surface area contributed by atoms with Crippen LogP contribution < -0.4 is 76.0 Å². The lowest BCUT2D eigenvalue weighted by atomic mass is 9.78. The molecule has 0 radical (unpaired) electrons. The summed E-state index contributed by atoms with van der Waals surface area (Å²) in [7, 11) is -27.5. The van der Waals surface area contributed by atoms with Crippen molar-refractivity contribution in [2.75, 3.05) is 131 Å². The molecule has 10 heterocycles. The fourth-order valence-electron chi connectivity index (χ4n) is 17.3. The number of nitrogens with one attached hydrogen (secondary N) is 6. The van der Waals surface area contributed by atoms with E-state index < -0.39 is 205 Å². The summed E-state index contributed by atoms with van der Waals surface area (Å²) < 4.78 is 220. The van der Waals surface area contributed by atoms with Gasteiger partial charge in [0.2, 0.25) is 0 Å². The van der Waals surface area contributed by atoms with Crippen LogP contribution in [-0.2, 0) is 84.6 Å². The van der Waals surface area contributed by atoms with Gasteiger partial charge in [0.1, 0.15) is 22.2 Å². The Morgan fingerprint density at radius 2 is 0.806 bits per heavy atom. The first-order valence-corrected chi connectivity index (χ1v) is 48.3. The van der Waals surface area contributed by atoms with Gasteiger partial charge in [-0.2, -0.15) is 123 Å². The van der Waals surface area contributed by atoms with Crippen molar-refractivity contribution in [3.8, 4) is 0 Å². The standard InChI is InChI=1S/2C13H25BN4O6S.C12H26BN5O6S.C11H21BF4N4O4S.C11H23BF2N4O4S.2CO2/c15-13(11(19)20)9-17(6-10(13)2-1-4-14(21)22)25(23,24)18-5-3-12(18)7-16-8-12;15-13(11(19)20)9-17(6-10(13)2-1-4-14(21)22)25(23,24)18-7-12(8-18)3-5-16-12;14-9-4-16-5-10(9)17-25(23,24)18-6-8(2-1-3-13(21)22)12(15,7-18)11(19)20;13-10(14)9(6-17,11(10,15)16)19-25(23,24)20-4-7(8(18)5-20)2-1-3-12(21)22;13-11(14)6-10(11,7-15)17-23(21,22)18-4-8(9(16)5-18)2-1-3-12(19)20;2*2-1-3/h2*10,16,21-22H,1-9,15H2,(H,19,20);8-10,16-17,21-22H,1-7,14-15H2,(H,19,20);7-8,19,21-22H,1-6,17-18H2;8-9,17,19-20H,1-7,15-16H2;;/t2*10-,13-;8-,9+,10+,12-;7-,8-;8-,9-,10?;;/m00000../s1. The summed E-state index contributed by atoms with van der Waals surface area (Å²) >= 11 is 0. The molecule has 0 bridgehead atoms. The maximum Gasteiger partial charge on any atom is 0.451 e. The molecule has 0 aromatic heterocycles. The smallest absolute Gasteiger partial charge is 0.451 e. The average molecular weight is 1970 g/mol. The molecule has 0 aromatic carbocycles. The van der Waals surface area contributed by atoms with Gasteiger partial charge in [-0.25, -0.2) is 8.78 Å². The summed E-state index contributed by atoms with van der Waals surface area (Å²) in [5, 5.41) is 127. The second kappa shape index (κ2) is 44.8. The molecule has 2 saturated carbocycles. The van der Waals surface area contributed by atoms with Crippen molar-refractivity contribution in [3.05, 3.63) is 0 Å². The minimum Gasteiger partial charge on any atom is -0.480 e. The molecule has 12 aliphatic rings. The second-order valence-corrected chi connectivity index (χ2v) is 43.6. The first kappa shape index (κ1) is 113. The fourth-order valence-corrected chi connectivity index (χ4v) is 26.1. The zero-order valence-corrected chi connectivity index (χ0v) is 74.3. The monoisotopic (exact) mass is 1970 g/mol. The lowest BCUT2D eigenvalue weighted by Crippen LogP contribution is -2.78. The number of carboxylic acid groups (broad SMARTS) is 3. The number of nitrogens with zero attached hydrogens (tertiary/aromatic N) is 7. The molecule has 51 nitrogen and oxygen atoms in total. The van der Waals surface area contributed by atoms with Crippen LogP contribution in [0.15, 0.2) is 0 Å². The molecule has 10 aliphatic heterocycles. The largest absolute Gasteiger partial charge is 0.480 e. The van der Waals surface area contributed by atoms with Gasteiger partial charge in [0.05, 0.1) is 11.6 Å². The van der Waals surface area contributed by atoms with Gasteiger partial charge in [-0.1, -0.05) is 32.1 Å². The van der Waals surface area contributed by atoms with Crippen LogP contribution in [-0.4, -0.2) is 415 Å². The highest BCUT2D eigenvalue weighted by molar-refractivity contribution is 7.88. The Labute approximate surface area is 743 Å². The van der Waals surface area contributed by atoms with Gasteiger partial charge >= 0.3 is 77.6 Å². The molecule has 0 amide bonds. The highest BCUT2D eigenvalue weighted by Crippen LogP contribution is 2.65. The second-order valence-electron chi connectivity index (χ2n) is 34.8. The summed E-state index contributed by atoms with van der Waals surface area (Å²) in [6, 6.07) is -1.87. The quantitative estimate of drug-likeness (QED) is 0.0202. The van der Waals surface area contributed by atoms with Crippen LogP contribution in [0.4, 0.5) is 26.3 Å². The third-order valence-electron chi connectivity index (χ3n) is 25.9. The van der Waals surface area contributed by atoms with E-state index in [0.717, 1.165) is 36.6 Å². The zero-order chi connectivity index (χ0) is 97.9. The number of hydrogen-bond donors (Lipinski definition) is 27. The van der Waals surface area contributed by atoms with Gasteiger partial charge in [-0.05, 0) is 94.9 Å². The predicted octanol–water partition coefficient (Wildman–Crippen LogP) is -14.2. The van der Waals surface area contributed by atoms with Crippen LogP contribution in [0, 0.1) is 29.6 Å². The number of carbonyl (C=O) groups excluding carboxylic acids is 4. The van der Waals surface area contributed by atoms with Crippen molar-refractivity contribution < 1.29 is 168 Å². The molecule has 12 rings (SSSR count). The fraction of sp³-hybridized carbons (Fsp3) is 0.919. The van der Waals surface area contributed by atoms with E-state index in [1.54, 1.807) is 0 Å². The van der Waals surface area contributed by atoms with Crippen LogP contribution in [0.2, 0.25) is 31.6 Å². The Morgan fingerprint density at radius 3 is 1.09 bits per heavy atom. The van der Waals surface area contributed by atoms with Crippen LogP contribution in [0.3, 0.4) is 0 Å². The van der Waals surface area contributed by atoms with Gasteiger partial charge in [-0.15, -0.1) is 0 Å². The normalized spacial score (nSPS) is 31.1. The highest BCUT2D eigenvalue weighted by Gasteiger charge is 2.97. The Kier molecular flexibility index (Phi) is 39.4. The van der Waals surface area contributed by atoms with Crippen molar-refractivity contribution in [2.24, 2.45) is 75.5 Å². The van der Waals surface area contributed by atoms with E-state index in [-0.39, 0.29) is 145 Å². The van der Waals surface area contributed by atoms with Crippen molar-refractivity contribution in [2.45, 2.75) is 196 Å². The zero-order valence-electron chi connectivity index (χ0n) is 70.3. The minimum atomic E-state index is -4.65. The minimum absolute atomic E-state index is 0.0313. The average Bonchev–Trinajstić information content (AvgIpc) is 1.48. The Hall–Kier alpha value is -4.42. The SMILES string of the molecule is NCC1(NS(=O)(=O)N2C[C@H](CCCB(O)O)[C@@H](N)C2)C(F)(F)C1(F)F.NCC1(NS(=O)(=O)N2C[C@H](CCCB(O)O)[C@@H](N)C2)CC1(F)F.N[C@@H]1CNC[C@H]1NS(=O)(=O)N1C[C@H](CCCB(O)O)[C@](N)(C(=O)O)C1.N[C@@]1(C(=O)O)CN(S(=O)(=O)N2CC3(CCN3)C2)C[C@@H]1CCCB(O)O.N[C@@]1(C(=O)O)CN(S(=O)(=O)N2CCC23CNC3)C[C@@H]1CCCB(O)O.O=C=O.O=C=O. The Bertz CT molecular complexity index is 4420. The molecule has 0 aromatic rings. The first-order valence-electron chi connectivity index (χ1n) is 41.2. The molecule has 10 saturated heterocycles. The summed E-state index contributed by atoms with van der Waals surface area (Å²) in [6.07, 6.45) is 5.87. The van der Waals surface area contributed by atoms with Crippen molar-refractivity contribution in [1.82, 2.24) is 60.3 Å². The van der Waals surface area contributed by atoms with Crippen LogP contribution >= 0.6 is 0 Å². The van der Waals surface area contributed by atoms with Crippen LogP contribution in [0.5, 0.6) is 0 Å². The predicted molar refractivity (Wildman–Crippen MR) is 442 cm³/mol.